The molecule has 2 atom stereocenters. The predicted molar refractivity (Wildman–Crippen MR) is 69.9 cm³/mol. The summed E-state index contributed by atoms with van der Waals surface area (Å²) >= 11 is 0. The second-order valence-electron chi connectivity index (χ2n) is 5.41. The van der Waals surface area contributed by atoms with Crippen LogP contribution >= 0.6 is 0 Å². The third kappa shape index (κ3) is 4.57. The van der Waals surface area contributed by atoms with Gasteiger partial charge in [0.2, 0.25) is 5.91 Å². The van der Waals surface area contributed by atoms with Crippen LogP contribution in [0.25, 0.3) is 0 Å². The predicted octanol–water partition coefficient (Wildman–Crippen LogP) is 0.479. The Hall–Kier alpha value is -0.620. The van der Waals surface area contributed by atoms with Gasteiger partial charge in [0, 0.05) is 18.6 Å². The van der Waals surface area contributed by atoms with E-state index in [1.165, 1.54) is 0 Å². The Morgan fingerprint density at radius 2 is 2.17 bits per heavy atom. The first-order valence-corrected chi connectivity index (χ1v) is 8.24. The van der Waals surface area contributed by atoms with Crippen molar-refractivity contribution < 1.29 is 18.3 Å². The number of carbonyl (C=O) groups excluding carboxylic acids is 1. The van der Waals surface area contributed by atoms with E-state index in [9.17, 15) is 13.2 Å². The Morgan fingerprint density at radius 3 is 2.61 bits per heavy atom. The Labute approximate surface area is 109 Å². The zero-order valence-corrected chi connectivity index (χ0v) is 11.9. The number of amides is 1. The van der Waals surface area contributed by atoms with Crippen LogP contribution in [0.5, 0.6) is 0 Å². The van der Waals surface area contributed by atoms with Crippen molar-refractivity contribution in [2.45, 2.75) is 45.1 Å². The highest BCUT2D eigenvalue weighted by atomic mass is 32.2. The van der Waals surface area contributed by atoms with Gasteiger partial charge < -0.3 is 10.4 Å². The SMILES string of the molecule is CCC(C)(CCO)NC(=O)CC1CCS(=O)(=O)C1. The molecule has 0 aromatic heterocycles. The molecular formula is C12H23NO4S. The molecule has 0 radical (unpaired) electrons. The van der Waals surface area contributed by atoms with E-state index in [0.717, 1.165) is 6.42 Å². The Morgan fingerprint density at radius 1 is 1.50 bits per heavy atom. The summed E-state index contributed by atoms with van der Waals surface area (Å²) < 4.78 is 22.6. The van der Waals surface area contributed by atoms with E-state index < -0.39 is 15.4 Å². The van der Waals surface area contributed by atoms with E-state index in [-0.39, 0.29) is 36.4 Å². The summed E-state index contributed by atoms with van der Waals surface area (Å²) in [7, 11) is -2.92. The lowest BCUT2D eigenvalue weighted by atomic mass is 9.94. The standard InChI is InChI=1S/C12H23NO4S/c1-3-12(2,5-6-14)13-11(15)8-10-4-7-18(16,17)9-10/h10,14H,3-9H2,1-2H3,(H,13,15). The minimum absolute atomic E-state index is 0.0302. The maximum Gasteiger partial charge on any atom is 0.220 e. The van der Waals surface area contributed by atoms with Crippen molar-refractivity contribution in [1.82, 2.24) is 5.32 Å². The minimum Gasteiger partial charge on any atom is -0.396 e. The first-order valence-electron chi connectivity index (χ1n) is 6.42. The molecule has 1 aliphatic rings. The van der Waals surface area contributed by atoms with Gasteiger partial charge in [0.15, 0.2) is 9.84 Å². The number of carbonyl (C=O) groups is 1. The number of hydrogen-bond donors (Lipinski definition) is 2. The first-order chi connectivity index (χ1) is 8.30. The number of aliphatic hydroxyl groups excluding tert-OH is 1. The van der Waals surface area contributed by atoms with Crippen molar-refractivity contribution in [2.24, 2.45) is 5.92 Å². The number of nitrogens with one attached hydrogen (secondary N) is 1. The average Bonchev–Trinajstić information content (AvgIpc) is 2.58. The summed E-state index contributed by atoms with van der Waals surface area (Å²) in [6.07, 6.45) is 2.10. The number of rotatable bonds is 6. The normalized spacial score (nSPS) is 25.6. The molecule has 2 N–H and O–H groups in total. The van der Waals surface area contributed by atoms with Crippen LogP contribution in [0.3, 0.4) is 0 Å². The second kappa shape index (κ2) is 6.02. The zero-order chi connectivity index (χ0) is 13.8. The molecule has 1 aliphatic heterocycles. The topological polar surface area (TPSA) is 83.5 Å². The van der Waals surface area contributed by atoms with Gasteiger partial charge in [-0.05, 0) is 32.1 Å². The highest BCUT2D eigenvalue weighted by molar-refractivity contribution is 7.91. The lowest BCUT2D eigenvalue weighted by Gasteiger charge is -2.29. The van der Waals surface area contributed by atoms with E-state index in [2.05, 4.69) is 5.32 Å². The third-order valence-corrected chi connectivity index (χ3v) is 5.52. The summed E-state index contributed by atoms with van der Waals surface area (Å²) in [4.78, 5) is 11.9. The largest absolute Gasteiger partial charge is 0.396 e. The molecule has 2 unspecified atom stereocenters. The third-order valence-electron chi connectivity index (χ3n) is 3.69. The van der Waals surface area contributed by atoms with Crippen LogP contribution in [-0.4, -0.2) is 43.1 Å². The van der Waals surface area contributed by atoms with Gasteiger partial charge in [-0.3, -0.25) is 4.79 Å². The Kier molecular flexibility index (Phi) is 5.16. The van der Waals surface area contributed by atoms with E-state index in [4.69, 9.17) is 5.11 Å². The van der Waals surface area contributed by atoms with Crippen molar-refractivity contribution in [3.05, 3.63) is 0 Å². The van der Waals surface area contributed by atoms with E-state index >= 15 is 0 Å². The molecule has 5 nitrogen and oxygen atoms in total. The lowest BCUT2D eigenvalue weighted by molar-refractivity contribution is -0.123. The van der Waals surface area contributed by atoms with Crippen molar-refractivity contribution in [3.63, 3.8) is 0 Å². The van der Waals surface area contributed by atoms with Gasteiger partial charge in [0.25, 0.3) is 0 Å². The number of sulfone groups is 1. The fourth-order valence-corrected chi connectivity index (χ4v) is 4.12. The van der Waals surface area contributed by atoms with Gasteiger partial charge in [0.1, 0.15) is 0 Å². The summed E-state index contributed by atoms with van der Waals surface area (Å²) in [5.41, 5.74) is -0.399. The number of aliphatic hydroxyl groups is 1. The molecule has 1 saturated heterocycles. The van der Waals surface area contributed by atoms with E-state index in [1.807, 2.05) is 13.8 Å². The van der Waals surface area contributed by atoms with Crippen LogP contribution < -0.4 is 5.32 Å². The van der Waals surface area contributed by atoms with Crippen LogP contribution in [0.1, 0.15) is 39.5 Å². The molecule has 0 spiro atoms. The fraction of sp³-hybridized carbons (Fsp3) is 0.917. The molecule has 0 aromatic carbocycles. The molecule has 106 valence electrons. The zero-order valence-electron chi connectivity index (χ0n) is 11.1. The van der Waals surface area contributed by atoms with Crippen molar-refractivity contribution >= 4 is 15.7 Å². The highest BCUT2D eigenvalue weighted by Crippen LogP contribution is 2.22. The molecule has 6 heteroatoms. The molecular weight excluding hydrogens is 254 g/mol. The maximum absolute atomic E-state index is 11.9. The first kappa shape index (κ1) is 15.4. The Balaban J connectivity index is 2.47. The quantitative estimate of drug-likeness (QED) is 0.739. The van der Waals surface area contributed by atoms with E-state index in [0.29, 0.717) is 12.8 Å². The van der Waals surface area contributed by atoms with Gasteiger partial charge in [-0.25, -0.2) is 8.42 Å². The maximum atomic E-state index is 11.9. The summed E-state index contributed by atoms with van der Waals surface area (Å²) in [6.45, 7) is 3.88. The molecule has 1 fully saturated rings. The van der Waals surface area contributed by atoms with Crippen LogP contribution in [0.4, 0.5) is 0 Å². The lowest BCUT2D eigenvalue weighted by Crippen LogP contribution is -2.46. The van der Waals surface area contributed by atoms with Gasteiger partial charge in [-0.1, -0.05) is 6.92 Å². The van der Waals surface area contributed by atoms with Crippen LogP contribution in [-0.2, 0) is 14.6 Å². The monoisotopic (exact) mass is 277 g/mol. The van der Waals surface area contributed by atoms with Crippen LogP contribution in [0.15, 0.2) is 0 Å². The molecule has 0 aliphatic carbocycles. The summed E-state index contributed by atoms with van der Waals surface area (Å²) in [5, 5.41) is 11.9. The van der Waals surface area contributed by atoms with Gasteiger partial charge in [0.05, 0.1) is 11.5 Å². The second-order valence-corrected chi connectivity index (χ2v) is 7.64. The van der Waals surface area contributed by atoms with Crippen molar-refractivity contribution in [1.29, 1.82) is 0 Å². The smallest absolute Gasteiger partial charge is 0.220 e. The minimum atomic E-state index is -2.92. The van der Waals surface area contributed by atoms with Crippen molar-refractivity contribution in [3.8, 4) is 0 Å². The van der Waals surface area contributed by atoms with Gasteiger partial charge in [-0.15, -0.1) is 0 Å². The van der Waals surface area contributed by atoms with E-state index in [1.54, 1.807) is 0 Å². The molecule has 0 bridgehead atoms. The van der Waals surface area contributed by atoms with Crippen LogP contribution in [0, 0.1) is 5.92 Å². The van der Waals surface area contributed by atoms with Gasteiger partial charge in [-0.2, -0.15) is 0 Å². The fourth-order valence-electron chi connectivity index (χ4n) is 2.26. The molecule has 1 heterocycles. The number of hydrogen-bond acceptors (Lipinski definition) is 4. The average molecular weight is 277 g/mol. The molecule has 18 heavy (non-hydrogen) atoms. The molecule has 1 amide bonds. The Bertz CT molecular complexity index is 393. The molecule has 1 rings (SSSR count). The molecule has 0 aromatic rings. The highest BCUT2D eigenvalue weighted by Gasteiger charge is 2.31. The summed E-state index contributed by atoms with van der Waals surface area (Å²) in [6, 6.07) is 0. The van der Waals surface area contributed by atoms with Crippen molar-refractivity contribution in [2.75, 3.05) is 18.1 Å². The van der Waals surface area contributed by atoms with Crippen LogP contribution in [0.2, 0.25) is 0 Å². The summed E-state index contributed by atoms with van der Waals surface area (Å²) in [5.74, 6) is 0.163. The van der Waals surface area contributed by atoms with Gasteiger partial charge >= 0.3 is 0 Å². The molecule has 0 saturated carbocycles.